The van der Waals surface area contributed by atoms with Crippen molar-refractivity contribution in [2.75, 3.05) is 11.9 Å². The fourth-order valence-electron chi connectivity index (χ4n) is 2.50. The predicted molar refractivity (Wildman–Crippen MR) is 74.3 cm³/mol. The highest BCUT2D eigenvalue weighted by atomic mass is 19.1. The van der Waals surface area contributed by atoms with Gasteiger partial charge in [-0.1, -0.05) is 6.07 Å². The van der Waals surface area contributed by atoms with Gasteiger partial charge in [0, 0.05) is 25.2 Å². The number of rotatable bonds is 4. The van der Waals surface area contributed by atoms with E-state index in [-0.39, 0.29) is 11.5 Å². The normalized spacial score (nSPS) is 14.1. The molecule has 0 saturated heterocycles. The molecule has 106 valence electrons. The van der Waals surface area contributed by atoms with E-state index in [0.29, 0.717) is 18.8 Å². The van der Waals surface area contributed by atoms with Crippen LogP contribution in [0.4, 0.5) is 10.1 Å². The van der Waals surface area contributed by atoms with Crippen LogP contribution in [0.2, 0.25) is 0 Å². The summed E-state index contributed by atoms with van der Waals surface area (Å²) in [4.78, 5) is 12.1. The number of hydrogen-bond acceptors (Lipinski definition) is 3. The van der Waals surface area contributed by atoms with Crippen molar-refractivity contribution in [2.45, 2.75) is 32.4 Å². The molecule has 0 saturated carbocycles. The summed E-state index contributed by atoms with van der Waals surface area (Å²) in [5.74, 6) is 0.608. The predicted octanol–water partition coefficient (Wildman–Crippen LogP) is 1.63. The van der Waals surface area contributed by atoms with E-state index in [2.05, 4.69) is 10.4 Å². The molecule has 0 fully saturated rings. The molecule has 1 aromatic carbocycles. The van der Waals surface area contributed by atoms with E-state index in [1.54, 1.807) is 16.7 Å². The number of fused-ring (bicyclic) bond motifs is 1. The van der Waals surface area contributed by atoms with Gasteiger partial charge in [-0.15, -0.1) is 0 Å². The highest BCUT2D eigenvalue weighted by Crippen LogP contribution is 2.10. The highest BCUT2D eigenvalue weighted by molar-refractivity contribution is 5.42. The number of anilines is 1. The molecule has 1 aromatic heterocycles. The minimum absolute atomic E-state index is 0.0410. The maximum absolute atomic E-state index is 13.0. The first-order chi connectivity index (χ1) is 9.74. The zero-order chi connectivity index (χ0) is 13.9. The third-order valence-electron chi connectivity index (χ3n) is 3.51. The van der Waals surface area contributed by atoms with E-state index >= 15 is 0 Å². The zero-order valence-electron chi connectivity index (χ0n) is 11.2. The highest BCUT2D eigenvalue weighted by Gasteiger charge is 2.15. The Morgan fingerprint density at radius 3 is 3.05 bits per heavy atom. The van der Waals surface area contributed by atoms with Crippen LogP contribution in [-0.4, -0.2) is 20.9 Å². The molecular weight excluding hydrogens is 259 g/mol. The summed E-state index contributed by atoms with van der Waals surface area (Å²) in [6, 6.07) is 6.28. The minimum Gasteiger partial charge on any atom is -0.383 e. The molecule has 2 aromatic rings. The number of nitrogens with one attached hydrogen (secondary N) is 1. The Bertz CT molecular complexity index is 661. The lowest BCUT2D eigenvalue weighted by Gasteiger charge is -2.09. The van der Waals surface area contributed by atoms with Crippen molar-refractivity contribution in [1.29, 1.82) is 0 Å². The quantitative estimate of drug-likeness (QED) is 0.923. The summed E-state index contributed by atoms with van der Waals surface area (Å²) in [6.07, 6.45) is 3.01. The van der Waals surface area contributed by atoms with Crippen LogP contribution in [0.5, 0.6) is 0 Å². The molecule has 3 rings (SSSR count). The van der Waals surface area contributed by atoms with Gasteiger partial charge >= 0.3 is 5.69 Å². The maximum Gasteiger partial charge on any atom is 0.345 e. The van der Waals surface area contributed by atoms with Crippen LogP contribution < -0.4 is 11.0 Å². The summed E-state index contributed by atoms with van der Waals surface area (Å²) >= 11 is 0. The molecule has 0 radical (unpaired) electrons. The Kier molecular flexibility index (Phi) is 3.54. The molecule has 1 N–H and O–H groups in total. The van der Waals surface area contributed by atoms with Crippen LogP contribution in [0.15, 0.2) is 29.1 Å². The SMILES string of the molecule is O=c1n(CCNc2cccc(F)c2)nc2n1CCCC2. The van der Waals surface area contributed by atoms with Gasteiger partial charge in [0.2, 0.25) is 0 Å². The van der Waals surface area contributed by atoms with Gasteiger partial charge in [0.1, 0.15) is 11.6 Å². The molecule has 20 heavy (non-hydrogen) atoms. The van der Waals surface area contributed by atoms with Crippen molar-refractivity contribution < 1.29 is 4.39 Å². The molecule has 0 bridgehead atoms. The summed E-state index contributed by atoms with van der Waals surface area (Å²) in [6.45, 7) is 1.79. The first-order valence-electron chi connectivity index (χ1n) is 6.90. The monoisotopic (exact) mass is 276 g/mol. The van der Waals surface area contributed by atoms with Gasteiger partial charge in [-0.25, -0.2) is 13.9 Å². The molecule has 6 heteroatoms. The van der Waals surface area contributed by atoms with Crippen molar-refractivity contribution in [2.24, 2.45) is 0 Å². The van der Waals surface area contributed by atoms with Crippen LogP contribution >= 0.6 is 0 Å². The summed E-state index contributed by atoms with van der Waals surface area (Å²) in [7, 11) is 0. The van der Waals surface area contributed by atoms with E-state index in [4.69, 9.17) is 0 Å². The molecule has 0 spiro atoms. The third-order valence-corrected chi connectivity index (χ3v) is 3.51. The molecule has 2 heterocycles. The van der Waals surface area contributed by atoms with E-state index in [0.717, 1.165) is 31.6 Å². The van der Waals surface area contributed by atoms with E-state index < -0.39 is 0 Å². The van der Waals surface area contributed by atoms with Gasteiger partial charge in [0.05, 0.1) is 6.54 Å². The first kappa shape index (κ1) is 12.9. The van der Waals surface area contributed by atoms with Gasteiger partial charge < -0.3 is 5.32 Å². The van der Waals surface area contributed by atoms with Gasteiger partial charge in [-0.3, -0.25) is 4.57 Å². The van der Waals surface area contributed by atoms with E-state index in [1.165, 1.54) is 16.8 Å². The second kappa shape index (κ2) is 5.48. The van der Waals surface area contributed by atoms with Gasteiger partial charge in [0.25, 0.3) is 0 Å². The van der Waals surface area contributed by atoms with Crippen molar-refractivity contribution in [3.8, 4) is 0 Å². The number of aromatic nitrogens is 3. The standard InChI is InChI=1S/C14H17FN4O/c15-11-4-3-5-12(10-11)16-7-9-19-14(20)18-8-2-1-6-13(18)17-19/h3-5,10,16H,1-2,6-9H2. The number of benzene rings is 1. The van der Waals surface area contributed by atoms with Crippen molar-refractivity contribution >= 4 is 5.69 Å². The first-order valence-corrected chi connectivity index (χ1v) is 6.90. The van der Waals surface area contributed by atoms with Crippen LogP contribution in [0.1, 0.15) is 18.7 Å². The van der Waals surface area contributed by atoms with Crippen molar-refractivity contribution in [3.05, 3.63) is 46.4 Å². The smallest absolute Gasteiger partial charge is 0.345 e. The Morgan fingerprint density at radius 1 is 1.35 bits per heavy atom. The van der Waals surface area contributed by atoms with Crippen molar-refractivity contribution in [1.82, 2.24) is 14.3 Å². The molecular formula is C14H17FN4O. The number of nitrogens with zero attached hydrogens (tertiary/aromatic N) is 3. The molecule has 0 amide bonds. The van der Waals surface area contributed by atoms with Crippen LogP contribution in [0.3, 0.4) is 0 Å². The number of aryl methyl sites for hydroxylation is 1. The molecule has 0 unspecified atom stereocenters. The number of hydrogen-bond donors (Lipinski definition) is 1. The second-order valence-electron chi connectivity index (χ2n) is 4.97. The maximum atomic E-state index is 13.0. The van der Waals surface area contributed by atoms with Crippen LogP contribution in [-0.2, 0) is 19.5 Å². The fraction of sp³-hybridized carbons (Fsp3) is 0.429. The molecule has 0 atom stereocenters. The topological polar surface area (TPSA) is 51.9 Å². The van der Waals surface area contributed by atoms with Gasteiger partial charge in [-0.2, -0.15) is 5.10 Å². The Balaban J connectivity index is 1.64. The summed E-state index contributed by atoms with van der Waals surface area (Å²) < 4.78 is 16.3. The lowest BCUT2D eigenvalue weighted by molar-refractivity contribution is 0.511. The lowest BCUT2D eigenvalue weighted by Crippen LogP contribution is -2.28. The third kappa shape index (κ3) is 2.59. The summed E-state index contributed by atoms with van der Waals surface area (Å²) in [5, 5.41) is 7.44. The number of halogens is 1. The van der Waals surface area contributed by atoms with Gasteiger partial charge in [0.15, 0.2) is 0 Å². The van der Waals surface area contributed by atoms with Crippen molar-refractivity contribution in [3.63, 3.8) is 0 Å². The summed E-state index contributed by atoms with van der Waals surface area (Å²) in [5.41, 5.74) is 0.669. The van der Waals surface area contributed by atoms with Crippen LogP contribution in [0, 0.1) is 5.82 Å². The Morgan fingerprint density at radius 2 is 2.25 bits per heavy atom. The van der Waals surface area contributed by atoms with E-state index in [9.17, 15) is 9.18 Å². The molecule has 0 aliphatic carbocycles. The largest absolute Gasteiger partial charge is 0.383 e. The average molecular weight is 276 g/mol. The molecule has 1 aliphatic heterocycles. The Hall–Kier alpha value is -2.11. The Labute approximate surface area is 116 Å². The average Bonchev–Trinajstić information content (AvgIpc) is 2.76. The van der Waals surface area contributed by atoms with Crippen LogP contribution in [0.25, 0.3) is 0 Å². The molecule has 1 aliphatic rings. The fourth-order valence-corrected chi connectivity index (χ4v) is 2.50. The van der Waals surface area contributed by atoms with E-state index in [1.807, 2.05) is 0 Å². The minimum atomic E-state index is -0.273. The lowest BCUT2D eigenvalue weighted by atomic mass is 10.2. The molecule has 5 nitrogen and oxygen atoms in total. The zero-order valence-corrected chi connectivity index (χ0v) is 11.2. The van der Waals surface area contributed by atoms with Gasteiger partial charge in [-0.05, 0) is 31.0 Å². The second-order valence-corrected chi connectivity index (χ2v) is 4.97.